The minimum Gasteiger partial charge on any atom is -0.348 e. The summed E-state index contributed by atoms with van der Waals surface area (Å²) in [5, 5.41) is 10.2. The summed E-state index contributed by atoms with van der Waals surface area (Å²) < 4.78 is 1.58. The molecule has 0 unspecified atom stereocenters. The number of fused-ring (bicyclic) bond motifs is 3. The smallest absolute Gasteiger partial charge is 0.253 e. The molecule has 0 aliphatic carbocycles. The third-order valence-electron chi connectivity index (χ3n) is 4.80. The van der Waals surface area contributed by atoms with Gasteiger partial charge in [0.2, 0.25) is 0 Å². The second-order valence-corrected chi connectivity index (χ2v) is 6.55. The Morgan fingerprint density at radius 2 is 1.79 bits per heavy atom. The van der Waals surface area contributed by atoms with Crippen LogP contribution in [0.3, 0.4) is 0 Å². The Bertz CT molecular complexity index is 1330. The van der Waals surface area contributed by atoms with E-state index in [2.05, 4.69) is 25.4 Å². The molecular formula is C22H16N6O. The summed E-state index contributed by atoms with van der Waals surface area (Å²) in [5.74, 6) is 0.444. The molecule has 0 fully saturated rings. The van der Waals surface area contributed by atoms with E-state index in [0.29, 0.717) is 23.4 Å². The summed E-state index contributed by atoms with van der Waals surface area (Å²) in [4.78, 5) is 25.9. The number of benzene rings is 2. The Kier molecular flexibility index (Phi) is 4.18. The van der Waals surface area contributed by atoms with Crippen molar-refractivity contribution in [2.45, 2.75) is 6.54 Å². The van der Waals surface area contributed by atoms with Gasteiger partial charge in [0.25, 0.3) is 5.91 Å². The summed E-state index contributed by atoms with van der Waals surface area (Å²) in [6.45, 7) is 0.309. The Balaban J connectivity index is 1.50. The van der Waals surface area contributed by atoms with Gasteiger partial charge in [0.05, 0.1) is 11.1 Å². The van der Waals surface area contributed by atoms with Gasteiger partial charge in [-0.25, -0.2) is 14.6 Å². The quantitative estimate of drug-likeness (QED) is 0.484. The summed E-state index contributed by atoms with van der Waals surface area (Å²) in [6, 6.07) is 17.5. The zero-order valence-electron chi connectivity index (χ0n) is 15.4. The number of amides is 1. The molecule has 7 nitrogen and oxygen atoms in total. The van der Waals surface area contributed by atoms with Gasteiger partial charge in [0, 0.05) is 29.9 Å². The lowest BCUT2D eigenvalue weighted by molar-refractivity contribution is 0.0952. The predicted octanol–water partition coefficient (Wildman–Crippen LogP) is 3.29. The molecular weight excluding hydrogens is 364 g/mol. The van der Waals surface area contributed by atoms with Crippen molar-refractivity contribution in [3.05, 3.63) is 90.8 Å². The molecule has 0 aliphatic heterocycles. The maximum atomic E-state index is 13.1. The van der Waals surface area contributed by atoms with Gasteiger partial charge in [-0.3, -0.25) is 9.78 Å². The van der Waals surface area contributed by atoms with Gasteiger partial charge in [0.15, 0.2) is 5.82 Å². The molecule has 0 aliphatic rings. The van der Waals surface area contributed by atoms with Crippen molar-refractivity contribution in [2.75, 3.05) is 0 Å². The van der Waals surface area contributed by atoms with Crippen LogP contribution in [0.1, 0.15) is 15.9 Å². The van der Waals surface area contributed by atoms with E-state index in [1.165, 1.54) is 6.33 Å². The van der Waals surface area contributed by atoms with Crippen molar-refractivity contribution in [3.63, 3.8) is 0 Å². The highest BCUT2D eigenvalue weighted by atomic mass is 16.1. The number of nitrogens with one attached hydrogen (secondary N) is 1. The lowest BCUT2D eigenvalue weighted by Crippen LogP contribution is -2.24. The van der Waals surface area contributed by atoms with E-state index in [4.69, 9.17) is 0 Å². The molecule has 3 aromatic heterocycles. The lowest BCUT2D eigenvalue weighted by Gasteiger charge is -2.12. The van der Waals surface area contributed by atoms with Crippen molar-refractivity contribution in [2.24, 2.45) is 0 Å². The van der Waals surface area contributed by atoms with E-state index in [1.807, 2.05) is 54.6 Å². The number of carbonyl (C=O) groups is 1. The molecule has 140 valence electrons. The third-order valence-corrected chi connectivity index (χ3v) is 4.80. The van der Waals surface area contributed by atoms with Crippen LogP contribution in [0, 0.1) is 0 Å². The normalized spacial score (nSPS) is 11.0. The summed E-state index contributed by atoms with van der Waals surface area (Å²) in [7, 11) is 0. The Hall–Kier alpha value is -4.13. The first-order chi connectivity index (χ1) is 14.3. The summed E-state index contributed by atoms with van der Waals surface area (Å²) in [5.41, 5.74) is 2.07. The molecule has 0 atom stereocenters. The number of rotatable bonds is 4. The zero-order valence-corrected chi connectivity index (χ0v) is 15.4. The van der Waals surface area contributed by atoms with Crippen LogP contribution >= 0.6 is 0 Å². The molecule has 29 heavy (non-hydrogen) atoms. The average molecular weight is 380 g/mol. The third kappa shape index (κ3) is 3.08. The van der Waals surface area contributed by atoms with Crippen LogP contribution in [0.25, 0.3) is 27.5 Å². The summed E-state index contributed by atoms with van der Waals surface area (Å²) in [6.07, 6.45) is 6.42. The average Bonchev–Trinajstić information content (AvgIpc) is 3.32. The molecule has 1 N–H and O–H groups in total. The molecule has 0 bridgehead atoms. The van der Waals surface area contributed by atoms with Crippen LogP contribution in [0.4, 0.5) is 0 Å². The van der Waals surface area contributed by atoms with E-state index in [1.54, 1.807) is 23.4 Å². The maximum Gasteiger partial charge on any atom is 0.253 e. The van der Waals surface area contributed by atoms with E-state index in [0.717, 1.165) is 21.7 Å². The molecule has 7 heteroatoms. The molecule has 0 radical (unpaired) electrons. The highest BCUT2D eigenvalue weighted by Crippen LogP contribution is 2.27. The Labute approximate surface area is 166 Å². The number of nitrogens with zero attached hydrogens (tertiary/aromatic N) is 5. The number of hydrogen-bond acceptors (Lipinski definition) is 5. The number of carbonyl (C=O) groups excluding carboxylic acids is 1. The van der Waals surface area contributed by atoms with Crippen LogP contribution in [-0.4, -0.2) is 30.6 Å². The van der Waals surface area contributed by atoms with Crippen LogP contribution in [0.5, 0.6) is 0 Å². The number of pyridine rings is 2. The van der Waals surface area contributed by atoms with Crippen LogP contribution < -0.4 is 5.32 Å². The highest BCUT2D eigenvalue weighted by molar-refractivity contribution is 6.15. The van der Waals surface area contributed by atoms with E-state index < -0.39 is 0 Å². The van der Waals surface area contributed by atoms with Gasteiger partial charge >= 0.3 is 0 Å². The number of hydrogen-bond donors (Lipinski definition) is 1. The molecule has 3 heterocycles. The van der Waals surface area contributed by atoms with Gasteiger partial charge in [-0.05, 0) is 29.0 Å². The first kappa shape index (κ1) is 17.0. The van der Waals surface area contributed by atoms with Crippen LogP contribution in [0.15, 0.2) is 79.6 Å². The maximum absolute atomic E-state index is 13.1. The monoisotopic (exact) mass is 380 g/mol. The highest BCUT2D eigenvalue weighted by Gasteiger charge is 2.15. The van der Waals surface area contributed by atoms with E-state index in [9.17, 15) is 4.79 Å². The van der Waals surface area contributed by atoms with Crippen molar-refractivity contribution >= 4 is 27.6 Å². The fraction of sp³-hybridized carbons (Fsp3) is 0.0455. The second-order valence-electron chi connectivity index (χ2n) is 6.55. The fourth-order valence-corrected chi connectivity index (χ4v) is 3.47. The molecule has 1 amide bonds. The fourth-order valence-electron chi connectivity index (χ4n) is 3.47. The Morgan fingerprint density at radius 3 is 2.69 bits per heavy atom. The zero-order chi connectivity index (χ0) is 19.6. The lowest BCUT2D eigenvalue weighted by atomic mass is 10.0. The van der Waals surface area contributed by atoms with Gasteiger partial charge < -0.3 is 5.32 Å². The van der Waals surface area contributed by atoms with E-state index >= 15 is 0 Å². The Morgan fingerprint density at radius 1 is 0.966 bits per heavy atom. The molecule has 2 aromatic carbocycles. The van der Waals surface area contributed by atoms with Crippen molar-refractivity contribution in [3.8, 4) is 5.82 Å². The van der Waals surface area contributed by atoms with Gasteiger partial charge in [-0.1, -0.05) is 36.4 Å². The molecule has 5 rings (SSSR count). The van der Waals surface area contributed by atoms with Gasteiger partial charge in [0.1, 0.15) is 12.7 Å². The molecule has 0 spiro atoms. The minimum atomic E-state index is -0.187. The minimum absolute atomic E-state index is 0.187. The summed E-state index contributed by atoms with van der Waals surface area (Å²) >= 11 is 0. The van der Waals surface area contributed by atoms with Crippen LogP contribution in [-0.2, 0) is 6.54 Å². The topological polar surface area (TPSA) is 85.6 Å². The van der Waals surface area contributed by atoms with E-state index in [-0.39, 0.29) is 5.91 Å². The largest absolute Gasteiger partial charge is 0.348 e. The van der Waals surface area contributed by atoms with Gasteiger partial charge in [-0.15, -0.1) is 0 Å². The van der Waals surface area contributed by atoms with Gasteiger partial charge in [-0.2, -0.15) is 5.10 Å². The number of aromatic nitrogens is 5. The van der Waals surface area contributed by atoms with Crippen molar-refractivity contribution in [1.82, 2.24) is 30.0 Å². The first-order valence-corrected chi connectivity index (χ1v) is 9.15. The van der Waals surface area contributed by atoms with Crippen molar-refractivity contribution < 1.29 is 4.79 Å². The molecule has 5 aromatic rings. The standard InChI is InChI=1S/C22H16N6O/c29-22(26-12-16-6-3-10-25-21(16)28-14-23-13-27-28)19-11-15-5-1-2-7-17(15)18-8-4-9-24-20(18)19/h1-11,13-14H,12H2,(H,26,29). The second kappa shape index (κ2) is 7.12. The SMILES string of the molecule is O=C(NCc1cccnc1-n1cncn1)c1cc2ccccc2c2cccnc12. The first-order valence-electron chi connectivity index (χ1n) is 9.15. The molecule has 0 saturated carbocycles. The van der Waals surface area contributed by atoms with Crippen molar-refractivity contribution in [1.29, 1.82) is 0 Å². The van der Waals surface area contributed by atoms with Crippen LogP contribution in [0.2, 0.25) is 0 Å². The predicted molar refractivity (Wildman–Crippen MR) is 110 cm³/mol. The molecule has 0 saturated heterocycles.